The number of carbonyl (C=O) groups is 1. The third-order valence-corrected chi connectivity index (χ3v) is 5.11. The number of hydrogen-bond donors (Lipinski definition) is 1. The van der Waals surface area contributed by atoms with Gasteiger partial charge in [0.1, 0.15) is 24.7 Å². The Morgan fingerprint density at radius 1 is 1.25 bits per heavy atom. The number of aromatic hydroxyl groups is 1. The molecule has 0 spiro atoms. The minimum Gasteiger partial charge on any atom is -0.502 e. The zero-order valence-electron chi connectivity index (χ0n) is 18.5. The number of methoxy groups -OCH3 is 1. The van der Waals surface area contributed by atoms with Gasteiger partial charge in [0.2, 0.25) is 17.1 Å². The molecule has 8 nitrogen and oxygen atoms in total. The Bertz CT molecular complexity index is 990. The van der Waals surface area contributed by atoms with Crippen molar-refractivity contribution >= 4 is 5.91 Å². The van der Waals surface area contributed by atoms with Crippen LogP contribution in [0.3, 0.4) is 0 Å². The first-order chi connectivity index (χ1) is 15.4. The van der Waals surface area contributed by atoms with Crippen LogP contribution in [0.15, 0.2) is 51.7 Å². The molecule has 0 bridgehead atoms. The Balaban J connectivity index is 1.95. The van der Waals surface area contributed by atoms with E-state index >= 15 is 0 Å². The molecule has 2 aromatic rings. The van der Waals surface area contributed by atoms with E-state index in [1.807, 2.05) is 6.92 Å². The molecule has 1 fully saturated rings. The largest absolute Gasteiger partial charge is 0.502 e. The molecule has 1 saturated heterocycles. The van der Waals surface area contributed by atoms with Gasteiger partial charge in [0, 0.05) is 32.7 Å². The van der Waals surface area contributed by atoms with Gasteiger partial charge in [-0.15, -0.1) is 0 Å². The lowest BCUT2D eigenvalue weighted by Gasteiger charge is -2.28. The summed E-state index contributed by atoms with van der Waals surface area (Å²) >= 11 is 0. The van der Waals surface area contributed by atoms with E-state index in [0.717, 1.165) is 5.57 Å². The summed E-state index contributed by atoms with van der Waals surface area (Å²) in [6.07, 6.45) is 0.0267. The van der Waals surface area contributed by atoms with Gasteiger partial charge in [-0.1, -0.05) is 18.7 Å². The number of nitrogens with zero attached hydrogens (tertiary/aromatic N) is 1. The van der Waals surface area contributed by atoms with Crippen LogP contribution < -0.4 is 10.2 Å². The van der Waals surface area contributed by atoms with E-state index in [-0.39, 0.29) is 30.5 Å². The van der Waals surface area contributed by atoms with Gasteiger partial charge in [-0.2, -0.15) is 0 Å². The summed E-state index contributed by atoms with van der Waals surface area (Å²) in [7, 11) is 1.48. The number of morpholine rings is 1. The predicted molar refractivity (Wildman–Crippen MR) is 118 cm³/mol. The Morgan fingerprint density at radius 2 is 1.94 bits per heavy atom. The molecule has 1 N–H and O–H groups in total. The maximum Gasteiger partial charge on any atom is 0.227 e. The van der Waals surface area contributed by atoms with Crippen LogP contribution in [0.1, 0.15) is 36.3 Å². The van der Waals surface area contributed by atoms with Crippen LogP contribution in [0.2, 0.25) is 0 Å². The van der Waals surface area contributed by atoms with Crippen molar-refractivity contribution in [2.75, 3.05) is 40.0 Å². The Hall–Kier alpha value is -3.10. The van der Waals surface area contributed by atoms with Crippen molar-refractivity contribution in [1.82, 2.24) is 4.90 Å². The first-order valence-corrected chi connectivity index (χ1v) is 10.5. The normalized spacial score (nSPS) is 14.8. The van der Waals surface area contributed by atoms with E-state index in [1.165, 1.54) is 13.2 Å². The minimum atomic E-state index is -0.662. The minimum absolute atomic E-state index is 0.0267. The Morgan fingerprint density at radius 3 is 2.56 bits per heavy atom. The third-order valence-electron chi connectivity index (χ3n) is 5.11. The molecule has 172 valence electrons. The highest BCUT2D eigenvalue weighted by molar-refractivity contribution is 5.78. The van der Waals surface area contributed by atoms with Crippen molar-refractivity contribution in [3.63, 3.8) is 0 Å². The molecule has 0 saturated carbocycles. The fourth-order valence-electron chi connectivity index (χ4n) is 3.49. The number of carbonyl (C=O) groups excluding carboxylic acids is 1. The van der Waals surface area contributed by atoms with Crippen molar-refractivity contribution in [2.24, 2.45) is 0 Å². The van der Waals surface area contributed by atoms with Crippen LogP contribution in [-0.2, 0) is 20.9 Å². The number of rotatable bonds is 9. The van der Waals surface area contributed by atoms with Crippen molar-refractivity contribution in [3.05, 3.63) is 69.8 Å². The first kappa shape index (κ1) is 23.6. The second kappa shape index (κ2) is 11.0. The van der Waals surface area contributed by atoms with Crippen LogP contribution in [0.5, 0.6) is 11.5 Å². The van der Waals surface area contributed by atoms with E-state index in [1.54, 1.807) is 29.2 Å². The van der Waals surface area contributed by atoms with Gasteiger partial charge in [-0.3, -0.25) is 9.59 Å². The van der Waals surface area contributed by atoms with Crippen LogP contribution >= 0.6 is 0 Å². The molecule has 1 aromatic carbocycles. The SMILES string of the molecule is C=C(C)COc1ccc([C@H](CC(=O)N2CCOCC2)c2oc(COC)cc(=O)c2O)cc1. The molecular weight excluding hydrogens is 414 g/mol. The molecule has 0 radical (unpaired) electrons. The lowest BCUT2D eigenvalue weighted by molar-refractivity contribution is -0.135. The molecule has 2 heterocycles. The molecular formula is C24H29NO7. The van der Waals surface area contributed by atoms with Gasteiger partial charge < -0.3 is 28.6 Å². The maximum atomic E-state index is 13.0. The third kappa shape index (κ3) is 5.99. The highest BCUT2D eigenvalue weighted by Crippen LogP contribution is 2.34. The molecule has 3 rings (SSSR count). The van der Waals surface area contributed by atoms with E-state index in [4.69, 9.17) is 18.6 Å². The van der Waals surface area contributed by atoms with Crippen LogP contribution in [0, 0.1) is 0 Å². The van der Waals surface area contributed by atoms with Crippen molar-refractivity contribution in [3.8, 4) is 11.5 Å². The number of amides is 1. The summed E-state index contributed by atoms with van der Waals surface area (Å²) in [5, 5.41) is 10.5. The van der Waals surface area contributed by atoms with Crippen LogP contribution in [0.25, 0.3) is 0 Å². The standard InChI is InChI=1S/C24H29NO7/c1-16(2)14-31-18-6-4-17(5-7-18)20(13-22(27)25-8-10-30-11-9-25)24-23(28)21(26)12-19(32-24)15-29-3/h4-7,12,20,28H,1,8-11,13-15H2,2-3H3/t20-/m0/s1. The average Bonchev–Trinajstić information content (AvgIpc) is 2.79. The highest BCUT2D eigenvalue weighted by atomic mass is 16.5. The monoisotopic (exact) mass is 443 g/mol. The predicted octanol–water partition coefficient (Wildman–Crippen LogP) is 2.83. The second-order valence-corrected chi connectivity index (χ2v) is 7.79. The molecule has 1 aliphatic rings. The second-order valence-electron chi connectivity index (χ2n) is 7.79. The molecule has 8 heteroatoms. The summed E-state index contributed by atoms with van der Waals surface area (Å²) in [5.41, 5.74) is 1.02. The van der Waals surface area contributed by atoms with Crippen LogP contribution in [-0.4, -0.2) is 55.9 Å². The van der Waals surface area contributed by atoms with E-state index in [2.05, 4.69) is 6.58 Å². The van der Waals surface area contributed by atoms with Gasteiger partial charge in [-0.05, 0) is 30.2 Å². The van der Waals surface area contributed by atoms with Crippen molar-refractivity contribution in [1.29, 1.82) is 0 Å². The van der Waals surface area contributed by atoms with E-state index in [9.17, 15) is 14.7 Å². The average molecular weight is 443 g/mol. The maximum absolute atomic E-state index is 13.0. The highest BCUT2D eigenvalue weighted by Gasteiger charge is 2.29. The van der Waals surface area contributed by atoms with Gasteiger partial charge in [0.15, 0.2) is 5.76 Å². The zero-order valence-corrected chi connectivity index (χ0v) is 18.5. The summed E-state index contributed by atoms with van der Waals surface area (Å²) in [6, 6.07) is 8.34. The Labute approximate surface area is 187 Å². The topological polar surface area (TPSA) is 98.4 Å². The molecule has 1 atom stereocenters. The van der Waals surface area contributed by atoms with Crippen molar-refractivity contribution in [2.45, 2.75) is 25.9 Å². The summed E-state index contributed by atoms with van der Waals surface area (Å²) in [4.78, 5) is 27.1. The number of hydrogen-bond acceptors (Lipinski definition) is 7. The molecule has 0 aliphatic carbocycles. The van der Waals surface area contributed by atoms with Crippen LogP contribution in [0.4, 0.5) is 0 Å². The van der Waals surface area contributed by atoms with Gasteiger partial charge in [0.05, 0.1) is 19.1 Å². The number of benzene rings is 1. The molecule has 1 amide bonds. The first-order valence-electron chi connectivity index (χ1n) is 10.5. The molecule has 0 unspecified atom stereocenters. The lowest BCUT2D eigenvalue weighted by atomic mass is 9.91. The fraction of sp³-hybridized carbons (Fsp3) is 0.417. The number of ether oxygens (including phenoxy) is 3. The van der Waals surface area contributed by atoms with Gasteiger partial charge in [-0.25, -0.2) is 0 Å². The molecule has 1 aliphatic heterocycles. The smallest absolute Gasteiger partial charge is 0.227 e. The lowest BCUT2D eigenvalue weighted by Crippen LogP contribution is -2.41. The van der Waals surface area contributed by atoms with E-state index in [0.29, 0.717) is 44.2 Å². The molecule has 1 aromatic heterocycles. The molecule has 32 heavy (non-hydrogen) atoms. The fourth-order valence-corrected chi connectivity index (χ4v) is 3.49. The quantitative estimate of drug-likeness (QED) is 0.595. The van der Waals surface area contributed by atoms with E-state index < -0.39 is 17.1 Å². The van der Waals surface area contributed by atoms with Crippen molar-refractivity contribution < 1.29 is 28.5 Å². The van der Waals surface area contributed by atoms with Gasteiger partial charge >= 0.3 is 0 Å². The summed E-state index contributed by atoms with van der Waals surface area (Å²) < 4.78 is 21.9. The summed E-state index contributed by atoms with van der Waals surface area (Å²) in [5.74, 6) is -0.316. The van der Waals surface area contributed by atoms with Gasteiger partial charge in [0.25, 0.3) is 0 Å². The zero-order chi connectivity index (χ0) is 23.1. The summed E-state index contributed by atoms with van der Waals surface area (Å²) in [6.45, 7) is 8.12. The Kier molecular flexibility index (Phi) is 8.08.